The van der Waals surface area contributed by atoms with Gasteiger partial charge in [-0.15, -0.1) is 0 Å². The predicted octanol–water partition coefficient (Wildman–Crippen LogP) is 6.68. The number of hydrogen-bond donors (Lipinski definition) is 2. The summed E-state index contributed by atoms with van der Waals surface area (Å²) in [6.07, 6.45) is 11.5. The second-order valence-corrected chi connectivity index (χ2v) is 12.4. The lowest BCUT2D eigenvalue weighted by atomic mass is 9.84. The van der Waals surface area contributed by atoms with Crippen LogP contribution in [0.2, 0.25) is 0 Å². The van der Waals surface area contributed by atoms with Crippen molar-refractivity contribution in [3.63, 3.8) is 0 Å². The number of carboxylic acid groups (broad SMARTS) is 1. The Hall–Kier alpha value is -2.06. The molecular formula is C26H35N3O3S2. The Bertz CT molecular complexity index is 953. The minimum atomic E-state index is -0.754. The fourth-order valence-electron chi connectivity index (χ4n) is 4.84. The minimum absolute atomic E-state index is 0.0817. The first-order valence-electron chi connectivity index (χ1n) is 12.4. The summed E-state index contributed by atoms with van der Waals surface area (Å²) >= 11 is 2.75. The van der Waals surface area contributed by atoms with Crippen molar-refractivity contribution in [2.45, 2.75) is 86.1 Å². The lowest BCUT2D eigenvalue weighted by Gasteiger charge is -2.36. The molecule has 2 N–H and O–H groups in total. The molecule has 0 unspecified atom stereocenters. The number of nitrogens with one attached hydrogen (secondary N) is 1. The van der Waals surface area contributed by atoms with Crippen molar-refractivity contribution in [3.8, 4) is 0 Å². The zero-order valence-corrected chi connectivity index (χ0v) is 21.5. The van der Waals surface area contributed by atoms with Crippen LogP contribution in [0.25, 0.3) is 0 Å². The smallest absolute Gasteiger partial charge is 0.323 e. The number of anilines is 1. The highest BCUT2D eigenvalue weighted by atomic mass is 32.2. The van der Waals surface area contributed by atoms with Crippen LogP contribution in [0.3, 0.4) is 0 Å². The number of nitrogens with zero attached hydrogens (tertiary/aromatic N) is 2. The van der Waals surface area contributed by atoms with Crippen LogP contribution in [-0.4, -0.2) is 44.3 Å². The fourth-order valence-corrected chi connectivity index (χ4v) is 7.33. The number of thiazole rings is 1. The normalized spacial score (nSPS) is 21.4. The summed E-state index contributed by atoms with van der Waals surface area (Å²) in [5.41, 5.74) is 1.34. The monoisotopic (exact) mass is 501 g/mol. The lowest BCUT2D eigenvalue weighted by molar-refractivity contribution is -0.142. The van der Waals surface area contributed by atoms with Crippen molar-refractivity contribution in [1.82, 2.24) is 9.88 Å². The first-order valence-corrected chi connectivity index (χ1v) is 14.1. The van der Waals surface area contributed by atoms with Gasteiger partial charge in [-0.1, -0.05) is 60.4 Å². The number of aromatic nitrogens is 1. The Balaban J connectivity index is 1.35. The third-order valence-corrected chi connectivity index (χ3v) is 9.68. The van der Waals surface area contributed by atoms with E-state index in [2.05, 4.69) is 41.5 Å². The van der Waals surface area contributed by atoms with Crippen molar-refractivity contribution < 1.29 is 14.7 Å². The van der Waals surface area contributed by atoms with Gasteiger partial charge in [0.25, 0.3) is 0 Å². The molecule has 34 heavy (non-hydrogen) atoms. The Kier molecular flexibility index (Phi) is 8.53. The van der Waals surface area contributed by atoms with E-state index in [0.717, 1.165) is 68.0 Å². The maximum absolute atomic E-state index is 13.3. The second-order valence-electron chi connectivity index (χ2n) is 9.72. The van der Waals surface area contributed by atoms with E-state index in [1.165, 1.54) is 28.7 Å². The molecular weight excluding hydrogens is 466 g/mol. The van der Waals surface area contributed by atoms with E-state index in [0.29, 0.717) is 18.0 Å². The predicted molar refractivity (Wildman–Crippen MR) is 139 cm³/mol. The number of carbonyl (C=O) groups is 2. The number of unbranched alkanes of at least 4 members (excludes halogenated alkanes) is 1. The molecule has 0 atom stereocenters. The van der Waals surface area contributed by atoms with Gasteiger partial charge in [-0.05, 0) is 75.7 Å². The number of aryl methyl sites for hydroxylation is 1. The van der Waals surface area contributed by atoms with Crippen molar-refractivity contribution in [2.75, 3.05) is 11.9 Å². The zero-order valence-electron chi connectivity index (χ0n) is 19.9. The summed E-state index contributed by atoms with van der Waals surface area (Å²) < 4.78 is 0.121. The molecule has 2 fully saturated rings. The number of thioether (sulfide) groups is 1. The Morgan fingerprint density at radius 1 is 1.18 bits per heavy atom. The molecule has 2 aromatic rings. The SMILES string of the molecule is CC1CCC(N(CCCCc2ccccc2)C(=O)Nc2ncc(SC3(C(=O)O)CCC3)s2)CC1. The first-order chi connectivity index (χ1) is 16.4. The van der Waals surface area contributed by atoms with Crippen LogP contribution in [-0.2, 0) is 11.2 Å². The Morgan fingerprint density at radius 2 is 1.91 bits per heavy atom. The standard InChI is InChI=1S/C26H35N3O3S2/c1-19-11-13-21(14-12-19)29(17-6-5-10-20-8-3-2-4-9-20)25(32)28-24-27-18-22(33-24)34-26(23(30)31)15-7-16-26/h2-4,8-9,18-19,21H,5-7,10-17H2,1H3,(H,30,31)(H,27,28,32). The molecule has 6 nitrogen and oxygen atoms in total. The Labute approximate surface area is 210 Å². The molecule has 4 rings (SSSR count). The number of benzene rings is 1. The summed E-state index contributed by atoms with van der Waals surface area (Å²) in [4.78, 5) is 31.4. The molecule has 2 aliphatic carbocycles. The van der Waals surface area contributed by atoms with Crippen LogP contribution >= 0.6 is 23.1 Å². The summed E-state index contributed by atoms with van der Waals surface area (Å²) in [5.74, 6) is -0.0261. The molecule has 0 saturated heterocycles. The maximum atomic E-state index is 13.3. The van der Waals surface area contributed by atoms with Gasteiger partial charge in [0.05, 0.1) is 10.4 Å². The van der Waals surface area contributed by atoms with E-state index in [1.54, 1.807) is 6.20 Å². The number of carbonyl (C=O) groups excluding carboxylic acids is 1. The van der Waals surface area contributed by atoms with Crippen molar-refractivity contribution >= 4 is 40.2 Å². The number of rotatable bonds is 10. The molecule has 1 aromatic heterocycles. The van der Waals surface area contributed by atoms with Crippen LogP contribution in [0.4, 0.5) is 9.93 Å². The summed E-state index contributed by atoms with van der Waals surface area (Å²) in [7, 11) is 0. The quantitative estimate of drug-likeness (QED) is 0.355. The van der Waals surface area contributed by atoms with Gasteiger partial charge in [0.15, 0.2) is 5.13 Å². The van der Waals surface area contributed by atoms with E-state index in [-0.39, 0.29) is 12.1 Å². The summed E-state index contributed by atoms with van der Waals surface area (Å²) in [5, 5.41) is 13.2. The maximum Gasteiger partial charge on any atom is 0.323 e. The molecule has 8 heteroatoms. The highest BCUT2D eigenvalue weighted by Gasteiger charge is 2.46. The number of carboxylic acids is 1. The fraction of sp³-hybridized carbons (Fsp3) is 0.577. The van der Waals surface area contributed by atoms with E-state index in [4.69, 9.17) is 0 Å². The topological polar surface area (TPSA) is 82.5 Å². The molecule has 184 valence electrons. The summed E-state index contributed by atoms with van der Waals surface area (Å²) in [6.45, 7) is 3.04. The van der Waals surface area contributed by atoms with Gasteiger partial charge in [-0.3, -0.25) is 10.1 Å². The van der Waals surface area contributed by atoms with Crippen molar-refractivity contribution in [2.24, 2.45) is 5.92 Å². The molecule has 2 amide bonds. The molecule has 0 aliphatic heterocycles. The third-order valence-electron chi connectivity index (χ3n) is 7.19. The van der Waals surface area contributed by atoms with Crippen LogP contribution in [0.15, 0.2) is 40.7 Å². The van der Waals surface area contributed by atoms with E-state index in [1.807, 2.05) is 11.0 Å². The minimum Gasteiger partial charge on any atom is -0.480 e. The average molecular weight is 502 g/mol. The van der Waals surface area contributed by atoms with E-state index in [9.17, 15) is 14.7 Å². The highest BCUT2D eigenvalue weighted by Crippen LogP contribution is 2.49. The third kappa shape index (κ3) is 6.33. The van der Waals surface area contributed by atoms with Crippen LogP contribution < -0.4 is 5.32 Å². The van der Waals surface area contributed by atoms with Crippen molar-refractivity contribution in [3.05, 3.63) is 42.1 Å². The molecule has 2 aliphatic rings. The van der Waals surface area contributed by atoms with E-state index < -0.39 is 10.7 Å². The molecule has 0 spiro atoms. The van der Waals surface area contributed by atoms with Crippen LogP contribution in [0.1, 0.15) is 70.3 Å². The van der Waals surface area contributed by atoms with Gasteiger partial charge in [-0.25, -0.2) is 9.78 Å². The van der Waals surface area contributed by atoms with Gasteiger partial charge >= 0.3 is 12.0 Å². The number of amides is 2. The van der Waals surface area contributed by atoms with Crippen LogP contribution in [0, 0.1) is 5.92 Å². The van der Waals surface area contributed by atoms with Crippen LogP contribution in [0.5, 0.6) is 0 Å². The largest absolute Gasteiger partial charge is 0.480 e. The first kappa shape index (κ1) is 25.0. The summed E-state index contributed by atoms with van der Waals surface area (Å²) in [6, 6.07) is 10.7. The van der Waals surface area contributed by atoms with Gasteiger partial charge in [-0.2, -0.15) is 0 Å². The number of aliphatic carboxylic acids is 1. The zero-order chi connectivity index (χ0) is 24.0. The highest BCUT2D eigenvalue weighted by molar-refractivity contribution is 8.03. The van der Waals surface area contributed by atoms with Gasteiger partial charge in [0.2, 0.25) is 0 Å². The van der Waals surface area contributed by atoms with Gasteiger partial charge < -0.3 is 10.0 Å². The van der Waals surface area contributed by atoms with Gasteiger partial charge in [0.1, 0.15) is 4.75 Å². The average Bonchev–Trinajstić information content (AvgIpc) is 3.24. The molecule has 2 saturated carbocycles. The molecule has 1 heterocycles. The Morgan fingerprint density at radius 3 is 2.56 bits per heavy atom. The second kappa shape index (κ2) is 11.6. The number of urea groups is 1. The van der Waals surface area contributed by atoms with E-state index >= 15 is 0 Å². The molecule has 0 bridgehead atoms. The molecule has 1 aromatic carbocycles. The lowest BCUT2D eigenvalue weighted by Crippen LogP contribution is -2.45. The number of hydrogen-bond acceptors (Lipinski definition) is 5. The van der Waals surface area contributed by atoms with Gasteiger partial charge in [0, 0.05) is 12.6 Å². The molecule has 0 radical (unpaired) electrons. The van der Waals surface area contributed by atoms with Crippen molar-refractivity contribution in [1.29, 1.82) is 0 Å².